The highest BCUT2D eigenvalue weighted by molar-refractivity contribution is 5.49. The summed E-state index contributed by atoms with van der Waals surface area (Å²) in [5.41, 5.74) is 2.54. The molecular formula is C20H21N3O2. The summed E-state index contributed by atoms with van der Waals surface area (Å²) in [7, 11) is 0. The summed E-state index contributed by atoms with van der Waals surface area (Å²) in [6, 6.07) is 8.92. The first-order chi connectivity index (χ1) is 11.8. The second-order valence-electron chi connectivity index (χ2n) is 7.85. The van der Waals surface area contributed by atoms with Crippen molar-refractivity contribution in [1.82, 2.24) is 13.9 Å². The molecule has 4 aliphatic rings. The van der Waals surface area contributed by atoms with Crippen LogP contribution in [-0.4, -0.2) is 13.9 Å². The number of hydrogen-bond donors (Lipinski definition) is 0. The molecule has 4 atom stereocenters. The Morgan fingerprint density at radius 1 is 0.800 bits per heavy atom. The fourth-order valence-electron chi connectivity index (χ4n) is 5.58. The summed E-state index contributed by atoms with van der Waals surface area (Å²) in [4.78, 5) is 26.4. The average Bonchev–Trinajstić information content (AvgIpc) is 2.90. The Balaban J connectivity index is 1.85. The molecule has 0 N–H and O–H groups in total. The zero-order valence-electron chi connectivity index (χ0n) is 14.9. The van der Waals surface area contributed by atoms with Crippen molar-refractivity contribution < 1.29 is 0 Å². The van der Waals surface area contributed by atoms with Crippen molar-refractivity contribution in [2.24, 2.45) is 10.8 Å². The lowest BCUT2D eigenvalue weighted by Crippen LogP contribution is -2.65. The summed E-state index contributed by atoms with van der Waals surface area (Å²) in [5, 5.41) is 0. The van der Waals surface area contributed by atoms with Gasteiger partial charge in [-0.3, -0.25) is 0 Å². The van der Waals surface area contributed by atoms with E-state index < -0.39 is 0 Å². The van der Waals surface area contributed by atoms with Crippen LogP contribution in [0.1, 0.15) is 39.8 Å². The number of nitrogens with zero attached hydrogens (tertiary/aromatic N) is 3. The van der Waals surface area contributed by atoms with E-state index in [4.69, 9.17) is 0 Å². The van der Waals surface area contributed by atoms with E-state index in [2.05, 4.69) is 39.8 Å². The van der Waals surface area contributed by atoms with Crippen molar-refractivity contribution in [3.8, 4) is 5.69 Å². The summed E-state index contributed by atoms with van der Waals surface area (Å²) in [6.07, 6.45) is 4.22. The molecule has 1 aromatic heterocycles. The highest BCUT2D eigenvalue weighted by Crippen LogP contribution is 2.72. The van der Waals surface area contributed by atoms with Crippen LogP contribution in [0.4, 0.5) is 0 Å². The summed E-state index contributed by atoms with van der Waals surface area (Å²) < 4.78 is 4.66. The van der Waals surface area contributed by atoms with Crippen LogP contribution in [0.15, 0.2) is 63.2 Å². The van der Waals surface area contributed by atoms with Gasteiger partial charge in [0, 0.05) is 10.8 Å². The fraction of sp³-hybridized carbons (Fsp3) is 0.400. The van der Waals surface area contributed by atoms with Gasteiger partial charge in [0.2, 0.25) is 0 Å². The van der Waals surface area contributed by atoms with Crippen LogP contribution in [0.3, 0.4) is 0 Å². The first kappa shape index (κ1) is 14.8. The van der Waals surface area contributed by atoms with Gasteiger partial charge in [-0.25, -0.2) is 23.5 Å². The number of aromatic nitrogens is 3. The molecule has 0 fully saturated rings. The molecule has 0 unspecified atom stereocenters. The minimum atomic E-state index is -0.254. The molecule has 2 aliphatic heterocycles. The highest BCUT2D eigenvalue weighted by atomic mass is 16.2. The van der Waals surface area contributed by atoms with Crippen LogP contribution in [0.25, 0.3) is 5.69 Å². The predicted octanol–water partition coefficient (Wildman–Crippen LogP) is 2.83. The molecule has 5 nitrogen and oxygen atoms in total. The van der Waals surface area contributed by atoms with Gasteiger partial charge in [-0.2, -0.15) is 0 Å². The van der Waals surface area contributed by atoms with E-state index in [-0.39, 0.29) is 34.3 Å². The van der Waals surface area contributed by atoms with Gasteiger partial charge in [0.05, 0.1) is 17.8 Å². The van der Waals surface area contributed by atoms with Crippen LogP contribution < -0.4 is 11.4 Å². The predicted molar refractivity (Wildman–Crippen MR) is 96.1 cm³/mol. The van der Waals surface area contributed by atoms with Crippen molar-refractivity contribution in [3.05, 3.63) is 74.6 Å². The molecule has 3 heterocycles. The normalized spacial score (nSPS) is 34.7. The monoisotopic (exact) mass is 335 g/mol. The molecule has 0 saturated carbocycles. The van der Waals surface area contributed by atoms with E-state index in [1.54, 1.807) is 21.5 Å². The van der Waals surface area contributed by atoms with Crippen molar-refractivity contribution in [2.45, 2.75) is 39.8 Å². The smallest absolute Gasteiger partial charge is 0.245 e. The quantitative estimate of drug-likeness (QED) is 0.753. The number of rotatable bonds is 1. The molecule has 128 valence electrons. The van der Waals surface area contributed by atoms with Gasteiger partial charge in [0.15, 0.2) is 0 Å². The molecule has 2 aromatic rings. The minimum absolute atomic E-state index is 0.128. The van der Waals surface area contributed by atoms with Crippen LogP contribution in [0, 0.1) is 10.8 Å². The molecule has 5 heteroatoms. The SMILES string of the molecule is CC1=C(C)[C@]2(C)[C@@H]3C=C[C@H](n4c(=O)n(-c5ccccc5)c(=O)n43)[C@@]12C. The zero-order chi connectivity index (χ0) is 17.7. The highest BCUT2D eigenvalue weighted by Gasteiger charge is 2.68. The van der Waals surface area contributed by atoms with Crippen LogP contribution in [-0.2, 0) is 0 Å². The summed E-state index contributed by atoms with van der Waals surface area (Å²) in [5.74, 6) is 0. The Morgan fingerprint density at radius 3 is 1.68 bits per heavy atom. The van der Waals surface area contributed by atoms with E-state index in [1.807, 2.05) is 18.2 Å². The Labute approximate surface area is 145 Å². The summed E-state index contributed by atoms with van der Waals surface area (Å²) in [6.45, 7) is 8.79. The first-order valence-electron chi connectivity index (χ1n) is 8.73. The van der Waals surface area contributed by atoms with Gasteiger partial charge in [0.25, 0.3) is 0 Å². The number of benzene rings is 1. The molecule has 2 aliphatic carbocycles. The molecule has 1 aromatic carbocycles. The molecule has 2 bridgehead atoms. The molecular weight excluding hydrogens is 314 g/mol. The Bertz CT molecular complexity index is 1030. The standard InChI is InChI=1S/C20H21N3O2/c1-12-13(2)20(4)16-11-10-15(19(12,20)3)22-17(24)21(18(25)23(16)22)14-8-6-5-7-9-14/h5-11,15-16H,1-4H3/t15-,16-,19+,20+/m0/s1. The van der Waals surface area contributed by atoms with Gasteiger partial charge in [-0.15, -0.1) is 0 Å². The second kappa shape index (κ2) is 4.15. The number of allylic oxidation sites excluding steroid dienone is 4. The van der Waals surface area contributed by atoms with Crippen molar-refractivity contribution in [2.75, 3.05) is 0 Å². The lowest BCUT2D eigenvalue weighted by Gasteiger charge is -2.67. The van der Waals surface area contributed by atoms with Gasteiger partial charge < -0.3 is 0 Å². The van der Waals surface area contributed by atoms with Crippen LogP contribution in [0.2, 0.25) is 0 Å². The number of para-hydroxylation sites is 1. The third kappa shape index (κ3) is 1.28. The fourth-order valence-corrected chi connectivity index (χ4v) is 5.58. The second-order valence-corrected chi connectivity index (χ2v) is 7.85. The topological polar surface area (TPSA) is 48.9 Å². The molecule has 0 amide bonds. The maximum absolute atomic E-state index is 13.2. The third-order valence-electron chi connectivity index (χ3n) is 7.41. The van der Waals surface area contributed by atoms with Crippen LogP contribution in [0.5, 0.6) is 0 Å². The van der Waals surface area contributed by atoms with E-state index in [0.29, 0.717) is 5.69 Å². The van der Waals surface area contributed by atoms with Gasteiger partial charge in [0.1, 0.15) is 0 Å². The Hall–Kier alpha value is -2.56. The van der Waals surface area contributed by atoms with Crippen molar-refractivity contribution in [3.63, 3.8) is 0 Å². The van der Waals surface area contributed by atoms with Crippen molar-refractivity contribution >= 4 is 0 Å². The maximum atomic E-state index is 13.2. The zero-order valence-corrected chi connectivity index (χ0v) is 14.9. The molecule has 0 spiro atoms. The van der Waals surface area contributed by atoms with E-state index >= 15 is 0 Å². The summed E-state index contributed by atoms with van der Waals surface area (Å²) >= 11 is 0. The van der Waals surface area contributed by atoms with Gasteiger partial charge in [-0.05, 0) is 26.0 Å². The maximum Gasteiger partial charge on any atom is 0.352 e. The van der Waals surface area contributed by atoms with Gasteiger partial charge in [-0.1, -0.05) is 55.3 Å². The van der Waals surface area contributed by atoms with E-state index in [1.165, 1.54) is 15.7 Å². The molecule has 0 saturated heterocycles. The lowest BCUT2D eigenvalue weighted by atomic mass is 9.41. The molecule has 25 heavy (non-hydrogen) atoms. The lowest BCUT2D eigenvalue weighted by molar-refractivity contribution is -0.0483. The molecule has 6 rings (SSSR count). The van der Waals surface area contributed by atoms with E-state index in [9.17, 15) is 9.59 Å². The Morgan fingerprint density at radius 2 is 1.24 bits per heavy atom. The largest absolute Gasteiger partial charge is 0.352 e. The minimum Gasteiger partial charge on any atom is -0.245 e. The van der Waals surface area contributed by atoms with E-state index in [0.717, 1.165) is 0 Å². The average molecular weight is 335 g/mol. The molecule has 0 radical (unpaired) electrons. The van der Waals surface area contributed by atoms with Crippen LogP contribution >= 0.6 is 0 Å². The first-order valence-corrected chi connectivity index (χ1v) is 8.73. The third-order valence-corrected chi connectivity index (χ3v) is 7.41. The van der Waals surface area contributed by atoms with Crippen molar-refractivity contribution in [1.29, 1.82) is 0 Å². The van der Waals surface area contributed by atoms with Gasteiger partial charge >= 0.3 is 11.4 Å². The Kier molecular flexibility index (Phi) is 2.45. The number of hydrogen-bond acceptors (Lipinski definition) is 2.